The fourth-order valence-corrected chi connectivity index (χ4v) is 4.94. The van der Waals surface area contributed by atoms with Crippen LogP contribution in [0.2, 0.25) is 10.0 Å². The third-order valence-corrected chi connectivity index (χ3v) is 7.14. The Morgan fingerprint density at radius 3 is 2.18 bits per heavy atom. The first-order valence-electron chi connectivity index (χ1n) is 11.3. The van der Waals surface area contributed by atoms with Gasteiger partial charge in [0, 0.05) is 19.0 Å². The predicted octanol–water partition coefficient (Wildman–Crippen LogP) is 4.76. The van der Waals surface area contributed by atoms with Crippen LogP contribution in [0.25, 0.3) is 0 Å². The summed E-state index contributed by atoms with van der Waals surface area (Å²) in [5.74, 6) is -0.759. The van der Waals surface area contributed by atoms with E-state index in [1.165, 1.54) is 0 Å². The van der Waals surface area contributed by atoms with E-state index in [2.05, 4.69) is 5.32 Å². The average molecular weight is 496 g/mol. The van der Waals surface area contributed by atoms with Gasteiger partial charge in [-0.2, -0.15) is 0 Å². The van der Waals surface area contributed by atoms with Crippen LogP contribution in [-0.4, -0.2) is 35.3 Å². The van der Waals surface area contributed by atoms with Gasteiger partial charge in [0.1, 0.15) is 6.04 Å². The predicted molar refractivity (Wildman–Crippen MR) is 136 cm³/mol. The van der Waals surface area contributed by atoms with Crippen LogP contribution in [0.1, 0.15) is 35.4 Å². The van der Waals surface area contributed by atoms with Crippen molar-refractivity contribution in [1.29, 1.82) is 0 Å². The molecule has 0 bridgehead atoms. The average Bonchev–Trinajstić information content (AvgIpc) is 3.36. The van der Waals surface area contributed by atoms with Crippen molar-refractivity contribution in [3.05, 3.63) is 106 Å². The zero-order valence-corrected chi connectivity index (χ0v) is 20.2. The molecule has 2 amide bonds. The first kappa shape index (κ1) is 24.3. The fourth-order valence-electron chi connectivity index (χ4n) is 4.55. The summed E-state index contributed by atoms with van der Waals surface area (Å²) in [4.78, 5) is 28.3. The number of carbonyl (C=O) groups is 2. The fraction of sp³-hybridized carbons (Fsp3) is 0.259. The zero-order valence-electron chi connectivity index (χ0n) is 18.7. The van der Waals surface area contributed by atoms with E-state index in [4.69, 9.17) is 28.9 Å². The Bertz CT molecular complexity index is 1100. The lowest BCUT2D eigenvalue weighted by Gasteiger charge is -2.31. The Morgan fingerprint density at radius 1 is 0.941 bits per heavy atom. The Hall–Kier alpha value is -2.86. The normalized spacial score (nSPS) is 16.5. The van der Waals surface area contributed by atoms with Crippen molar-refractivity contribution >= 4 is 35.0 Å². The third-order valence-electron chi connectivity index (χ3n) is 6.28. The van der Waals surface area contributed by atoms with E-state index in [1.54, 1.807) is 17.0 Å². The molecule has 1 fully saturated rings. The van der Waals surface area contributed by atoms with Crippen LogP contribution < -0.4 is 11.1 Å². The van der Waals surface area contributed by atoms with Crippen LogP contribution in [0.5, 0.6) is 0 Å². The number of nitrogens with two attached hydrogens (primary N) is 1. The molecule has 0 saturated carbocycles. The van der Waals surface area contributed by atoms with Crippen LogP contribution in [0.4, 0.5) is 0 Å². The molecule has 0 aliphatic carbocycles. The quantitative estimate of drug-likeness (QED) is 0.495. The number of hydrogen-bond donors (Lipinski definition) is 2. The molecule has 0 spiro atoms. The van der Waals surface area contributed by atoms with E-state index in [0.29, 0.717) is 23.0 Å². The summed E-state index contributed by atoms with van der Waals surface area (Å²) in [6.45, 7) is 0.734. The van der Waals surface area contributed by atoms with E-state index in [0.717, 1.165) is 23.1 Å². The van der Waals surface area contributed by atoms with Crippen LogP contribution >= 0.6 is 23.2 Å². The Kier molecular flexibility index (Phi) is 7.88. The highest BCUT2D eigenvalue weighted by Crippen LogP contribution is 2.30. The number of amides is 2. The van der Waals surface area contributed by atoms with Crippen molar-refractivity contribution in [2.75, 3.05) is 6.54 Å². The number of nitrogens with zero attached hydrogens (tertiary/aromatic N) is 1. The highest BCUT2D eigenvalue weighted by Gasteiger charge is 2.39. The van der Waals surface area contributed by atoms with Gasteiger partial charge in [-0.05, 0) is 35.6 Å². The highest BCUT2D eigenvalue weighted by molar-refractivity contribution is 6.42. The molecule has 1 aliphatic rings. The molecule has 7 heteroatoms. The number of halogens is 2. The lowest BCUT2D eigenvalue weighted by atomic mass is 9.84. The van der Waals surface area contributed by atoms with Gasteiger partial charge in [-0.15, -0.1) is 0 Å². The first-order chi connectivity index (χ1) is 16.5. The molecule has 1 saturated heterocycles. The molecule has 176 valence electrons. The maximum Gasteiger partial charge on any atom is 0.243 e. The van der Waals surface area contributed by atoms with Crippen molar-refractivity contribution in [1.82, 2.24) is 10.2 Å². The first-order valence-corrected chi connectivity index (χ1v) is 12.1. The maximum atomic E-state index is 13.6. The van der Waals surface area contributed by atoms with E-state index < -0.39 is 12.1 Å². The number of nitrogens with one attached hydrogen (secondary N) is 1. The minimum absolute atomic E-state index is 0.218. The second-order valence-electron chi connectivity index (χ2n) is 8.45. The minimum atomic E-state index is -0.819. The van der Waals surface area contributed by atoms with E-state index in [1.807, 2.05) is 66.7 Å². The summed E-state index contributed by atoms with van der Waals surface area (Å²) in [5, 5.41) is 3.76. The Labute approximate surface area is 209 Å². The summed E-state index contributed by atoms with van der Waals surface area (Å²) in [7, 11) is 0. The molecule has 3 aromatic carbocycles. The van der Waals surface area contributed by atoms with E-state index >= 15 is 0 Å². The van der Waals surface area contributed by atoms with Gasteiger partial charge in [0.25, 0.3) is 0 Å². The molecular formula is C27H27Cl2N3O2. The number of hydrogen-bond acceptors (Lipinski definition) is 3. The molecule has 3 aromatic rings. The molecule has 3 N–H and O–H groups in total. The number of likely N-dealkylation sites (tertiary alicyclic amines) is 1. The largest absolute Gasteiger partial charge is 0.350 e. The molecule has 4 rings (SSSR count). The number of rotatable bonds is 7. The number of benzene rings is 3. The van der Waals surface area contributed by atoms with Gasteiger partial charge in [-0.3, -0.25) is 9.59 Å². The smallest absolute Gasteiger partial charge is 0.243 e. The molecule has 5 nitrogen and oxygen atoms in total. The van der Waals surface area contributed by atoms with Gasteiger partial charge in [0.2, 0.25) is 11.8 Å². The van der Waals surface area contributed by atoms with Gasteiger partial charge in [-0.25, -0.2) is 0 Å². The molecule has 2 atom stereocenters. The van der Waals surface area contributed by atoms with Gasteiger partial charge in [-0.1, -0.05) is 96.0 Å². The molecular weight excluding hydrogens is 469 g/mol. The summed E-state index contributed by atoms with van der Waals surface area (Å²) in [6.07, 6.45) is 1.34. The summed E-state index contributed by atoms with van der Waals surface area (Å²) >= 11 is 12.3. The standard InChI is InChI=1S/C27H27Cl2N3O2/c28-21-14-7-13-20(24(21)29)17-31-26(33)22-15-8-16-32(22)27(34)25(30)23(18-9-3-1-4-10-18)19-11-5-2-6-12-19/h1-7,9-14,22-23,25H,8,15-17,30H2,(H,31,33)/t22-,25?/m0/s1. The molecule has 1 unspecified atom stereocenters. The Balaban J connectivity index is 1.51. The lowest BCUT2D eigenvalue weighted by Crippen LogP contribution is -2.52. The van der Waals surface area contributed by atoms with E-state index in [9.17, 15) is 9.59 Å². The second kappa shape index (κ2) is 11.0. The lowest BCUT2D eigenvalue weighted by molar-refractivity contribution is -0.139. The van der Waals surface area contributed by atoms with Gasteiger partial charge >= 0.3 is 0 Å². The number of carbonyl (C=O) groups excluding carboxylic acids is 2. The van der Waals surface area contributed by atoms with Crippen molar-refractivity contribution in [2.45, 2.75) is 37.4 Å². The van der Waals surface area contributed by atoms with Gasteiger partial charge in [0.15, 0.2) is 0 Å². The third kappa shape index (κ3) is 5.27. The van der Waals surface area contributed by atoms with Crippen LogP contribution in [0.3, 0.4) is 0 Å². The van der Waals surface area contributed by atoms with E-state index in [-0.39, 0.29) is 24.3 Å². The van der Waals surface area contributed by atoms with Crippen molar-refractivity contribution in [2.24, 2.45) is 5.73 Å². The summed E-state index contributed by atoms with van der Waals surface area (Å²) in [5.41, 5.74) is 9.27. The SMILES string of the molecule is NC(C(=O)N1CCC[C@H]1C(=O)NCc1cccc(Cl)c1Cl)C(c1ccccc1)c1ccccc1. The van der Waals surface area contributed by atoms with Crippen molar-refractivity contribution in [3.8, 4) is 0 Å². The summed E-state index contributed by atoms with van der Waals surface area (Å²) in [6, 6.07) is 23.5. The van der Waals surface area contributed by atoms with Crippen LogP contribution in [0.15, 0.2) is 78.9 Å². The van der Waals surface area contributed by atoms with Crippen LogP contribution in [-0.2, 0) is 16.1 Å². The van der Waals surface area contributed by atoms with Gasteiger partial charge < -0.3 is 16.0 Å². The maximum absolute atomic E-state index is 13.6. The topological polar surface area (TPSA) is 75.4 Å². The molecule has 34 heavy (non-hydrogen) atoms. The molecule has 0 aromatic heterocycles. The van der Waals surface area contributed by atoms with Gasteiger partial charge in [0.05, 0.1) is 16.1 Å². The second-order valence-corrected chi connectivity index (χ2v) is 9.23. The summed E-state index contributed by atoms with van der Waals surface area (Å²) < 4.78 is 0. The minimum Gasteiger partial charge on any atom is -0.350 e. The monoisotopic (exact) mass is 495 g/mol. The van der Waals surface area contributed by atoms with Crippen molar-refractivity contribution in [3.63, 3.8) is 0 Å². The molecule has 1 aliphatic heterocycles. The molecule has 1 heterocycles. The Morgan fingerprint density at radius 2 is 1.56 bits per heavy atom. The zero-order chi connectivity index (χ0) is 24.1. The van der Waals surface area contributed by atoms with Crippen molar-refractivity contribution < 1.29 is 9.59 Å². The molecule has 0 radical (unpaired) electrons. The van der Waals surface area contributed by atoms with Crippen LogP contribution in [0, 0.1) is 0 Å². The highest BCUT2D eigenvalue weighted by atomic mass is 35.5.